The van der Waals surface area contributed by atoms with Crippen LogP contribution in [0.3, 0.4) is 0 Å². The van der Waals surface area contributed by atoms with Crippen molar-refractivity contribution in [2.45, 2.75) is 56.9 Å². The van der Waals surface area contributed by atoms with Crippen LogP contribution >= 0.6 is 33.2 Å². The number of hydrogen-bond acceptors (Lipinski definition) is 10. The highest BCUT2D eigenvalue weighted by Crippen LogP contribution is 2.40. The van der Waals surface area contributed by atoms with Gasteiger partial charge in [-0.1, -0.05) is 45.3 Å². The molecule has 2 fully saturated rings. The topological polar surface area (TPSA) is 103 Å². The summed E-state index contributed by atoms with van der Waals surface area (Å²) in [5.74, 6) is 1.12. The summed E-state index contributed by atoms with van der Waals surface area (Å²) >= 11 is 6.57. The van der Waals surface area contributed by atoms with Crippen LogP contribution in [-0.2, 0) is 27.3 Å². The second-order valence-corrected chi connectivity index (χ2v) is 15.0. The Kier molecular flexibility index (Phi) is 10.4. The molecule has 47 heavy (non-hydrogen) atoms. The highest BCUT2D eigenvalue weighted by atomic mass is 35.5. The van der Waals surface area contributed by atoms with Crippen LogP contribution in [0.1, 0.15) is 43.4 Å². The molecular weight excluding hydrogens is 661 g/mol. The van der Waals surface area contributed by atoms with Gasteiger partial charge in [-0.05, 0) is 62.2 Å². The molecule has 2 aliphatic rings. The lowest BCUT2D eigenvalue weighted by Crippen LogP contribution is -2.25. The maximum absolute atomic E-state index is 13.6. The summed E-state index contributed by atoms with van der Waals surface area (Å²) in [5, 5.41) is 14.7. The van der Waals surface area contributed by atoms with E-state index in [2.05, 4.69) is 16.4 Å². The van der Waals surface area contributed by atoms with E-state index in [1.807, 2.05) is 26.0 Å². The lowest BCUT2D eigenvalue weighted by Gasteiger charge is -2.19. The number of fused-ring (bicyclic) bond motifs is 1. The number of Topliss-reactive ketones (excluding diaryl/α,β-unsaturated/α-hetero) is 1. The first-order valence-corrected chi connectivity index (χ1v) is 18.0. The van der Waals surface area contributed by atoms with Gasteiger partial charge in [0.15, 0.2) is 5.79 Å². The van der Waals surface area contributed by atoms with Crippen molar-refractivity contribution in [3.63, 3.8) is 0 Å². The molecule has 244 valence electrons. The SMILES string of the molecule is CC1(C)OC[C@H](COc2cc3ncc(C#N)c(Nc4ccc(OCc5cccc(F)c5)c(Cl)c4)c3cc2CC(=O)C[C@@H]2CCSS2)O1. The third kappa shape index (κ3) is 8.50. The number of pyridine rings is 1. The van der Waals surface area contributed by atoms with Crippen molar-refractivity contribution >= 4 is 61.2 Å². The highest BCUT2D eigenvalue weighted by Gasteiger charge is 2.33. The average molecular weight is 694 g/mol. The van der Waals surface area contributed by atoms with Crippen molar-refractivity contribution in [2.75, 3.05) is 24.3 Å². The molecule has 3 aromatic carbocycles. The number of ketones is 1. The fourth-order valence-corrected chi connectivity index (χ4v) is 8.63. The number of hydrogen-bond donors (Lipinski definition) is 1. The highest BCUT2D eigenvalue weighted by molar-refractivity contribution is 8.77. The summed E-state index contributed by atoms with van der Waals surface area (Å²) in [6, 6.07) is 17.3. The summed E-state index contributed by atoms with van der Waals surface area (Å²) in [5.41, 5.74) is 3.44. The van der Waals surface area contributed by atoms with Crippen LogP contribution in [0, 0.1) is 17.1 Å². The van der Waals surface area contributed by atoms with Crippen LogP contribution < -0.4 is 14.8 Å². The predicted molar refractivity (Wildman–Crippen MR) is 184 cm³/mol. The smallest absolute Gasteiger partial charge is 0.163 e. The van der Waals surface area contributed by atoms with Crippen LogP contribution in [0.4, 0.5) is 15.8 Å². The quantitative estimate of drug-likeness (QED) is 0.146. The van der Waals surface area contributed by atoms with Gasteiger partial charge in [-0.2, -0.15) is 5.26 Å². The van der Waals surface area contributed by atoms with Crippen molar-refractivity contribution in [2.24, 2.45) is 0 Å². The number of nitriles is 1. The molecule has 2 saturated heterocycles. The van der Waals surface area contributed by atoms with Crippen LogP contribution in [0.2, 0.25) is 5.02 Å². The van der Waals surface area contributed by atoms with Crippen LogP contribution in [0.5, 0.6) is 11.5 Å². The first-order valence-electron chi connectivity index (χ1n) is 15.2. The maximum Gasteiger partial charge on any atom is 0.163 e. The number of carbonyl (C=O) groups excluding carboxylic acids is 1. The van der Waals surface area contributed by atoms with E-state index in [0.717, 1.165) is 12.2 Å². The largest absolute Gasteiger partial charge is 0.490 e. The van der Waals surface area contributed by atoms with E-state index in [0.29, 0.717) is 73.8 Å². The Bertz CT molecular complexity index is 1830. The third-order valence-corrected chi connectivity index (χ3v) is 11.0. The number of nitrogens with zero attached hydrogens (tertiary/aromatic N) is 2. The van der Waals surface area contributed by atoms with Gasteiger partial charge in [0.25, 0.3) is 0 Å². The van der Waals surface area contributed by atoms with E-state index in [9.17, 15) is 14.4 Å². The molecule has 2 aliphatic heterocycles. The summed E-state index contributed by atoms with van der Waals surface area (Å²) in [6.07, 6.45) is 2.92. The van der Waals surface area contributed by atoms with Gasteiger partial charge in [0.2, 0.25) is 0 Å². The molecule has 2 atom stereocenters. The van der Waals surface area contributed by atoms with Gasteiger partial charge >= 0.3 is 0 Å². The first kappa shape index (κ1) is 33.4. The Hall–Kier alpha value is -3.53. The van der Waals surface area contributed by atoms with E-state index in [4.69, 9.17) is 30.5 Å². The van der Waals surface area contributed by atoms with E-state index >= 15 is 0 Å². The number of rotatable bonds is 12. The lowest BCUT2D eigenvalue weighted by atomic mass is 10.00. The van der Waals surface area contributed by atoms with Gasteiger partial charge in [-0.15, -0.1) is 0 Å². The minimum absolute atomic E-state index is 0.121. The van der Waals surface area contributed by atoms with Crippen molar-refractivity contribution < 1.29 is 28.1 Å². The lowest BCUT2D eigenvalue weighted by molar-refractivity contribution is -0.141. The maximum atomic E-state index is 13.6. The van der Waals surface area contributed by atoms with Crippen molar-refractivity contribution in [3.05, 3.63) is 88.3 Å². The molecule has 0 radical (unpaired) electrons. The molecule has 6 rings (SSSR count). The number of halogens is 2. The normalized spacial score (nSPS) is 18.6. The first-order chi connectivity index (χ1) is 22.7. The molecule has 0 aliphatic carbocycles. The number of aromatic nitrogens is 1. The Morgan fingerprint density at radius 2 is 2.06 bits per heavy atom. The molecule has 1 aromatic heterocycles. The monoisotopic (exact) mass is 693 g/mol. The summed E-state index contributed by atoms with van der Waals surface area (Å²) in [4.78, 5) is 17.8. The van der Waals surface area contributed by atoms with E-state index in [1.165, 1.54) is 18.3 Å². The van der Waals surface area contributed by atoms with Crippen molar-refractivity contribution in [1.82, 2.24) is 4.98 Å². The molecule has 0 unspecified atom stereocenters. The van der Waals surface area contributed by atoms with Gasteiger partial charge in [-0.3, -0.25) is 9.78 Å². The molecule has 3 heterocycles. The zero-order valence-electron chi connectivity index (χ0n) is 25.9. The number of nitrogens with one attached hydrogen (secondary N) is 1. The zero-order chi connectivity index (χ0) is 33.0. The van der Waals surface area contributed by atoms with E-state index in [-0.39, 0.29) is 37.3 Å². The number of benzene rings is 3. The summed E-state index contributed by atoms with van der Waals surface area (Å²) < 4.78 is 37.3. The Morgan fingerprint density at radius 3 is 2.79 bits per heavy atom. The minimum Gasteiger partial charge on any atom is -0.490 e. The molecule has 1 N–H and O–H groups in total. The predicted octanol–water partition coefficient (Wildman–Crippen LogP) is 8.41. The van der Waals surface area contributed by atoms with Gasteiger partial charge in [-0.25, -0.2) is 4.39 Å². The van der Waals surface area contributed by atoms with Gasteiger partial charge in [0, 0.05) is 52.7 Å². The molecule has 0 saturated carbocycles. The second kappa shape index (κ2) is 14.7. The zero-order valence-corrected chi connectivity index (χ0v) is 28.3. The van der Waals surface area contributed by atoms with Gasteiger partial charge < -0.3 is 24.3 Å². The average Bonchev–Trinajstić information content (AvgIpc) is 3.68. The molecule has 8 nitrogen and oxygen atoms in total. The Labute approximate surface area is 285 Å². The van der Waals surface area contributed by atoms with Crippen LogP contribution in [0.15, 0.2) is 60.8 Å². The number of ether oxygens (including phenoxy) is 4. The van der Waals surface area contributed by atoms with Crippen LogP contribution in [0.25, 0.3) is 10.9 Å². The Balaban J connectivity index is 1.27. The Morgan fingerprint density at radius 1 is 1.19 bits per heavy atom. The standard InChI is InChI=1S/C35H33ClFN3O5S2/c1-35(2)44-20-27(45-35)19-43-33-15-31-29(12-22(33)11-26(41)14-28-8-9-46-47-28)34(23(16-38)17-39-31)40-25-6-7-32(30(36)13-25)42-18-21-4-3-5-24(37)10-21/h3-7,10,12-13,15,17,27-28H,8-9,11,14,18-20H2,1-2H3,(H,39,40)/t27-,28-/m0/s1. The summed E-state index contributed by atoms with van der Waals surface area (Å²) in [7, 11) is 3.58. The van der Waals surface area contributed by atoms with Crippen LogP contribution in [-0.4, -0.2) is 46.9 Å². The molecule has 12 heteroatoms. The molecule has 0 amide bonds. The van der Waals surface area contributed by atoms with Crippen molar-refractivity contribution in [3.8, 4) is 17.6 Å². The third-order valence-electron chi connectivity index (χ3n) is 7.72. The van der Waals surface area contributed by atoms with E-state index < -0.39 is 5.79 Å². The molecule has 0 bridgehead atoms. The van der Waals surface area contributed by atoms with Gasteiger partial charge in [0.05, 0.1) is 28.4 Å². The molecule has 4 aromatic rings. The number of carbonyl (C=O) groups is 1. The van der Waals surface area contributed by atoms with Crippen molar-refractivity contribution in [1.29, 1.82) is 5.26 Å². The van der Waals surface area contributed by atoms with E-state index in [1.54, 1.807) is 51.9 Å². The number of anilines is 2. The fourth-order valence-electron chi connectivity index (χ4n) is 5.46. The second-order valence-electron chi connectivity index (χ2n) is 11.8. The van der Waals surface area contributed by atoms with Gasteiger partial charge in [0.1, 0.15) is 48.5 Å². The fraction of sp³-hybridized carbons (Fsp3) is 0.343. The summed E-state index contributed by atoms with van der Waals surface area (Å²) in [6.45, 7) is 4.52. The minimum atomic E-state index is -0.683. The molecular formula is C35H33ClFN3O5S2. The molecule has 0 spiro atoms.